The third-order valence-corrected chi connectivity index (χ3v) is 7.71. The number of amides is 1. The minimum absolute atomic E-state index is 0.214. The number of carbonyl (C=O) groups excluding carboxylic acids is 1. The van der Waals surface area contributed by atoms with Gasteiger partial charge in [0.05, 0.1) is 11.9 Å². The summed E-state index contributed by atoms with van der Waals surface area (Å²) in [5.41, 5.74) is 7.99. The van der Waals surface area contributed by atoms with Crippen molar-refractivity contribution in [2.24, 2.45) is 5.73 Å². The Morgan fingerprint density at radius 3 is 2.70 bits per heavy atom. The van der Waals surface area contributed by atoms with Crippen LogP contribution in [-0.2, 0) is 11.3 Å². The number of aryl methyl sites for hydroxylation is 1. The lowest BCUT2D eigenvalue weighted by molar-refractivity contribution is -0.143. The number of likely N-dealkylation sites (tertiary alicyclic amines) is 1. The van der Waals surface area contributed by atoms with Gasteiger partial charge >= 0.3 is 5.97 Å². The number of benzene rings is 1. The normalized spacial score (nSPS) is 15.4. The van der Waals surface area contributed by atoms with Gasteiger partial charge in [-0.15, -0.1) is 0 Å². The Labute approximate surface area is 224 Å². The number of nitrogens with zero attached hydrogens (tertiary/aromatic N) is 5. The topological polar surface area (TPSA) is 138 Å². The number of anilines is 3. The standard InChI is InChI=1S/C25H30ClN7O3S/c1-3-19(24(35)36)32-10-8-16(9-11-32)18-12-22(30-15(2)29-18)31-25-28-14-21(37-25)23(34)33(26)20-7-5-4-6-17(20)13-27/h4-7,12,14,16,19H,3,8-11,13,27H2,1-2H3,(H,35,36)(H,28,29,30,31). The number of thiazole rings is 1. The van der Waals surface area contributed by atoms with Crippen LogP contribution < -0.4 is 15.5 Å². The lowest BCUT2D eigenvalue weighted by Gasteiger charge is -2.35. The second-order valence-corrected chi connectivity index (χ2v) is 10.2. The van der Waals surface area contributed by atoms with E-state index in [4.69, 9.17) is 17.5 Å². The van der Waals surface area contributed by atoms with Gasteiger partial charge in [-0.05, 0) is 50.9 Å². The number of hydrogen-bond acceptors (Lipinski definition) is 9. The number of nitrogens with one attached hydrogen (secondary N) is 1. The molecule has 1 unspecified atom stereocenters. The first-order chi connectivity index (χ1) is 17.8. The lowest BCUT2D eigenvalue weighted by atomic mass is 9.92. The summed E-state index contributed by atoms with van der Waals surface area (Å²) in [5.74, 6) is 0.258. The first-order valence-corrected chi connectivity index (χ1v) is 13.3. The van der Waals surface area contributed by atoms with E-state index in [1.165, 1.54) is 17.5 Å². The molecule has 1 saturated heterocycles. The van der Waals surface area contributed by atoms with Crippen LogP contribution in [0.15, 0.2) is 36.5 Å². The van der Waals surface area contributed by atoms with Crippen molar-refractivity contribution in [3.8, 4) is 0 Å². The molecule has 3 aromatic rings. The molecule has 1 aromatic carbocycles. The number of hydrogen-bond donors (Lipinski definition) is 3. The van der Waals surface area contributed by atoms with Gasteiger partial charge in [-0.3, -0.25) is 14.5 Å². The zero-order chi connectivity index (χ0) is 26.5. The predicted molar refractivity (Wildman–Crippen MR) is 144 cm³/mol. The Hall–Kier alpha value is -3.12. The summed E-state index contributed by atoms with van der Waals surface area (Å²) in [6.45, 7) is 5.41. The average Bonchev–Trinajstić information content (AvgIpc) is 3.36. The molecule has 1 amide bonds. The van der Waals surface area contributed by atoms with Crippen molar-refractivity contribution >= 4 is 51.6 Å². The van der Waals surface area contributed by atoms with E-state index in [1.54, 1.807) is 12.1 Å². The van der Waals surface area contributed by atoms with E-state index in [1.807, 2.05) is 36.9 Å². The fraction of sp³-hybridized carbons (Fsp3) is 0.400. The molecule has 3 heterocycles. The number of piperidine rings is 1. The molecule has 12 heteroatoms. The Balaban J connectivity index is 1.44. The molecule has 0 radical (unpaired) electrons. The average molecular weight is 544 g/mol. The first-order valence-electron chi connectivity index (χ1n) is 12.1. The zero-order valence-corrected chi connectivity index (χ0v) is 22.3. The van der Waals surface area contributed by atoms with E-state index in [-0.39, 0.29) is 12.5 Å². The van der Waals surface area contributed by atoms with Crippen LogP contribution in [0.1, 0.15) is 58.9 Å². The highest BCUT2D eigenvalue weighted by Gasteiger charge is 2.29. The highest BCUT2D eigenvalue weighted by molar-refractivity contribution is 7.17. The Bertz CT molecular complexity index is 1260. The molecule has 4 rings (SSSR count). The van der Waals surface area contributed by atoms with Crippen molar-refractivity contribution in [3.63, 3.8) is 0 Å². The number of halogens is 1. The number of para-hydroxylation sites is 1. The van der Waals surface area contributed by atoms with E-state index in [0.717, 1.165) is 28.5 Å². The summed E-state index contributed by atoms with van der Waals surface area (Å²) in [6, 6.07) is 8.66. The summed E-state index contributed by atoms with van der Waals surface area (Å²) in [7, 11) is 0. The Morgan fingerprint density at radius 2 is 2.03 bits per heavy atom. The van der Waals surface area contributed by atoms with Crippen molar-refractivity contribution in [1.29, 1.82) is 0 Å². The molecule has 0 aliphatic carbocycles. The van der Waals surface area contributed by atoms with Gasteiger partial charge < -0.3 is 16.2 Å². The number of aromatic nitrogens is 3. The first kappa shape index (κ1) is 26.9. The van der Waals surface area contributed by atoms with Crippen molar-refractivity contribution < 1.29 is 14.7 Å². The molecule has 1 fully saturated rings. The summed E-state index contributed by atoms with van der Waals surface area (Å²) in [6.07, 6.45) is 3.71. The lowest BCUT2D eigenvalue weighted by Crippen LogP contribution is -2.45. The fourth-order valence-electron chi connectivity index (χ4n) is 4.58. The molecule has 196 valence electrons. The second-order valence-electron chi connectivity index (χ2n) is 8.87. The summed E-state index contributed by atoms with van der Waals surface area (Å²) < 4.78 is 1.06. The van der Waals surface area contributed by atoms with Gasteiger partial charge in [0.1, 0.15) is 22.6 Å². The Kier molecular flexibility index (Phi) is 8.70. The van der Waals surface area contributed by atoms with Gasteiger partial charge in [0.25, 0.3) is 5.91 Å². The van der Waals surface area contributed by atoms with Gasteiger partial charge in [0.2, 0.25) is 0 Å². The fourth-order valence-corrected chi connectivity index (χ4v) is 5.64. The van der Waals surface area contributed by atoms with E-state index in [2.05, 4.69) is 20.3 Å². The van der Waals surface area contributed by atoms with Gasteiger partial charge in [-0.1, -0.05) is 36.5 Å². The van der Waals surface area contributed by atoms with Crippen molar-refractivity contribution in [3.05, 3.63) is 58.5 Å². The molecule has 0 spiro atoms. The molecule has 0 saturated carbocycles. The maximum absolute atomic E-state index is 13.0. The van der Waals surface area contributed by atoms with Crippen LogP contribution in [0.4, 0.5) is 16.6 Å². The van der Waals surface area contributed by atoms with Gasteiger partial charge in [-0.25, -0.2) is 19.4 Å². The third-order valence-electron chi connectivity index (χ3n) is 6.47. The quantitative estimate of drug-likeness (QED) is 0.337. The molecule has 10 nitrogen and oxygen atoms in total. The Morgan fingerprint density at radius 1 is 1.30 bits per heavy atom. The number of nitrogens with two attached hydrogens (primary N) is 1. The molecule has 4 N–H and O–H groups in total. The highest BCUT2D eigenvalue weighted by Crippen LogP contribution is 2.31. The van der Waals surface area contributed by atoms with Gasteiger partial charge in [0, 0.05) is 36.0 Å². The second kappa shape index (κ2) is 12.0. The van der Waals surface area contributed by atoms with Crippen LogP contribution in [0.3, 0.4) is 0 Å². The van der Waals surface area contributed by atoms with Crippen molar-refractivity contribution in [1.82, 2.24) is 19.9 Å². The monoisotopic (exact) mass is 543 g/mol. The van der Waals surface area contributed by atoms with Gasteiger partial charge in [0.15, 0.2) is 5.13 Å². The van der Waals surface area contributed by atoms with Gasteiger partial charge in [-0.2, -0.15) is 0 Å². The van der Waals surface area contributed by atoms with E-state index in [9.17, 15) is 14.7 Å². The molecule has 37 heavy (non-hydrogen) atoms. The van der Waals surface area contributed by atoms with Crippen LogP contribution in [-0.4, -0.2) is 56.0 Å². The SMILES string of the molecule is CCC(C(=O)O)N1CCC(c2cc(Nc3ncc(C(=O)N(Cl)c4ccccc4CN)s3)nc(C)n2)CC1. The summed E-state index contributed by atoms with van der Waals surface area (Å²) in [4.78, 5) is 40.3. The molecule has 1 atom stereocenters. The van der Waals surface area contributed by atoms with Crippen LogP contribution in [0.25, 0.3) is 0 Å². The van der Waals surface area contributed by atoms with Crippen LogP contribution in [0.5, 0.6) is 0 Å². The maximum atomic E-state index is 13.0. The van der Waals surface area contributed by atoms with Crippen LogP contribution >= 0.6 is 23.1 Å². The molecular weight excluding hydrogens is 514 g/mol. The summed E-state index contributed by atoms with van der Waals surface area (Å²) >= 11 is 7.53. The molecule has 1 aliphatic rings. The van der Waals surface area contributed by atoms with E-state index < -0.39 is 17.9 Å². The molecule has 2 aromatic heterocycles. The largest absolute Gasteiger partial charge is 0.480 e. The van der Waals surface area contributed by atoms with E-state index >= 15 is 0 Å². The zero-order valence-electron chi connectivity index (χ0n) is 20.7. The number of carbonyl (C=O) groups is 2. The smallest absolute Gasteiger partial charge is 0.320 e. The minimum Gasteiger partial charge on any atom is -0.480 e. The molecule has 1 aliphatic heterocycles. The number of carboxylic acid groups (broad SMARTS) is 1. The van der Waals surface area contributed by atoms with Crippen molar-refractivity contribution in [2.75, 3.05) is 22.8 Å². The van der Waals surface area contributed by atoms with Crippen LogP contribution in [0, 0.1) is 6.92 Å². The number of aliphatic carboxylic acids is 1. The molecule has 0 bridgehead atoms. The van der Waals surface area contributed by atoms with Crippen molar-refractivity contribution in [2.45, 2.75) is 51.6 Å². The maximum Gasteiger partial charge on any atom is 0.320 e. The highest BCUT2D eigenvalue weighted by atomic mass is 35.5. The predicted octanol–water partition coefficient (Wildman–Crippen LogP) is 4.29. The minimum atomic E-state index is -0.771. The number of carboxylic acids is 1. The third kappa shape index (κ3) is 6.24. The summed E-state index contributed by atoms with van der Waals surface area (Å²) in [5, 5.41) is 13.1. The van der Waals surface area contributed by atoms with E-state index in [0.29, 0.717) is 46.8 Å². The van der Waals surface area contributed by atoms with Crippen LogP contribution in [0.2, 0.25) is 0 Å². The number of rotatable bonds is 9. The molecular formula is C25H30ClN7O3S.